The van der Waals surface area contributed by atoms with Crippen molar-refractivity contribution in [3.8, 4) is 0 Å². The van der Waals surface area contributed by atoms with Gasteiger partial charge in [-0.25, -0.2) is 17.5 Å². The minimum atomic E-state index is -3.88. The van der Waals surface area contributed by atoms with E-state index in [1.165, 1.54) is 18.2 Å². The maximum atomic E-state index is 13.5. The molecule has 0 saturated carbocycles. The molecule has 0 aliphatic rings. The summed E-state index contributed by atoms with van der Waals surface area (Å²) in [4.78, 5) is -0.356. The third-order valence-electron chi connectivity index (χ3n) is 2.92. The van der Waals surface area contributed by atoms with Crippen LogP contribution in [-0.4, -0.2) is 8.42 Å². The number of rotatable bonds is 5. The van der Waals surface area contributed by atoms with Crippen molar-refractivity contribution in [1.29, 1.82) is 0 Å². The van der Waals surface area contributed by atoms with Gasteiger partial charge in [0.05, 0.1) is 0 Å². The Kier molecular flexibility index (Phi) is 4.49. The van der Waals surface area contributed by atoms with Gasteiger partial charge in [0.2, 0.25) is 10.0 Å². The third-order valence-corrected chi connectivity index (χ3v) is 4.35. The minimum absolute atomic E-state index is 0.0735. The van der Waals surface area contributed by atoms with E-state index in [2.05, 4.69) is 4.72 Å². The van der Waals surface area contributed by atoms with E-state index in [1.807, 2.05) is 12.1 Å². The third kappa shape index (κ3) is 3.22. The average molecular weight is 294 g/mol. The van der Waals surface area contributed by atoms with E-state index < -0.39 is 15.8 Å². The molecule has 2 rings (SSSR count). The Morgan fingerprint density at radius 3 is 2.25 bits per heavy atom. The summed E-state index contributed by atoms with van der Waals surface area (Å²) in [6.07, 6.45) is 0. The van der Waals surface area contributed by atoms with E-state index in [-0.39, 0.29) is 11.4 Å². The highest BCUT2D eigenvalue weighted by atomic mass is 32.2. The molecule has 106 valence electrons. The molecule has 3 N–H and O–H groups in total. The number of nitrogens with two attached hydrogens (primary N) is 1. The Balaban J connectivity index is 2.20. The van der Waals surface area contributed by atoms with Crippen LogP contribution in [0, 0.1) is 5.82 Å². The summed E-state index contributed by atoms with van der Waals surface area (Å²) < 4.78 is 40.0. The van der Waals surface area contributed by atoms with Gasteiger partial charge in [-0.3, -0.25) is 0 Å². The molecule has 0 aromatic heterocycles. The molecule has 0 fully saturated rings. The van der Waals surface area contributed by atoms with E-state index in [9.17, 15) is 12.8 Å². The zero-order valence-corrected chi connectivity index (χ0v) is 11.5. The van der Waals surface area contributed by atoms with Gasteiger partial charge in [-0.2, -0.15) is 0 Å². The van der Waals surface area contributed by atoms with Crippen molar-refractivity contribution in [3.05, 3.63) is 65.5 Å². The Morgan fingerprint density at radius 1 is 1.00 bits per heavy atom. The predicted molar refractivity (Wildman–Crippen MR) is 74.8 cm³/mol. The summed E-state index contributed by atoms with van der Waals surface area (Å²) in [6, 6.07) is 12.5. The zero-order chi connectivity index (χ0) is 14.6. The van der Waals surface area contributed by atoms with Crippen molar-refractivity contribution in [2.45, 2.75) is 18.0 Å². The van der Waals surface area contributed by atoms with Crippen molar-refractivity contribution in [2.75, 3.05) is 0 Å². The number of nitrogens with one attached hydrogen (secondary N) is 1. The maximum absolute atomic E-state index is 13.5. The molecule has 0 saturated heterocycles. The maximum Gasteiger partial charge on any atom is 0.243 e. The van der Waals surface area contributed by atoms with Gasteiger partial charge in [0.1, 0.15) is 10.7 Å². The Hall–Kier alpha value is -1.76. The molecule has 2 aromatic carbocycles. The van der Waals surface area contributed by atoms with Crippen LogP contribution in [0.25, 0.3) is 0 Å². The standard InChI is InChI=1S/C14H15FN2O2S/c15-13-7-3-4-8-14(13)20(18,19)17-10-12-6-2-1-5-11(12)9-16/h1-8,17H,9-10,16H2. The monoisotopic (exact) mass is 294 g/mol. The molecular formula is C14H15FN2O2S. The number of benzene rings is 2. The summed E-state index contributed by atoms with van der Waals surface area (Å²) in [5, 5.41) is 0. The molecule has 0 aliphatic carbocycles. The second-order valence-corrected chi connectivity index (χ2v) is 5.96. The van der Waals surface area contributed by atoms with E-state index in [0.29, 0.717) is 6.54 Å². The van der Waals surface area contributed by atoms with Crippen molar-refractivity contribution in [3.63, 3.8) is 0 Å². The van der Waals surface area contributed by atoms with Crippen molar-refractivity contribution in [1.82, 2.24) is 4.72 Å². The second kappa shape index (κ2) is 6.13. The minimum Gasteiger partial charge on any atom is -0.326 e. The zero-order valence-electron chi connectivity index (χ0n) is 10.7. The van der Waals surface area contributed by atoms with Gasteiger partial charge in [-0.05, 0) is 23.3 Å². The molecule has 0 amide bonds. The quantitative estimate of drug-likeness (QED) is 0.882. The van der Waals surface area contributed by atoms with E-state index in [4.69, 9.17) is 5.73 Å². The van der Waals surface area contributed by atoms with E-state index in [1.54, 1.807) is 12.1 Å². The van der Waals surface area contributed by atoms with Crippen LogP contribution in [0.4, 0.5) is 4.39 Å². The summed E-state index contributed by atoms with van der Waals surface area (Å²) >= 11 is 0. The van der Waals surface area contributed by atoms with Gasteiger partial charge in [-0.1, -0.05) is 36.4 Å². The molecule has 0 atom stereocenters. The topological polar surface area (TPSA) is 72.2 Å². The lowest BCUT2D eigenvalue weighted by molar-refractivity contribution is 0.556. The lowest BCUT2D eigenvalue weighted by Gasteiger charge is -2.10. The van der Waals surface area contributed by atoms with Gasteiger partial charge >= 0.3 is 0 Å². The summed E-state index contributed by atoms with van der Waals surface area (Å²) in [5.74, 6) is -0.771. The van der Waals surface area contributed by atoms with Crippen LogP contribution in [0.5, 0.6) is 0 Å². The molecular weight excluding hydrogens is 279 g/mol. The van der Waals surface area contributed by atoms with Crippen LogP contribution in [0.1, 0.15) is 11.1 Å². The SMILES string of the molecule is NCc1ccccc1CNS(=O)(=O)c1ccccc1F. The molecule has 20 heavy (non-hydrogen) atoms. The summed E-state index contributed by atoms with van der Waals surface area (Å²) in [6.45, 7) is 0.391. The Labute approximate surface area is 117 Å². The Morgan fingerprint density at radius 2 is 1.60 bits per heavy atom. The van der Waals surface area contributed by atoms with Gasteiger partial charge in [0, 0.05) is 13.1 Å². The highest BCUT2D eigenvalue weighted by Gasteiger charge is 2.18. The van der Waals surface area contributed by atoms with Crippen molar-refractivity contribution >= 4 is 10.0 Å². The van der Waals surface area contributed by atoms with Crippen molar-refractivity contribution in [2.24, 2.45) is 5.73 Å². The molecule has 0 unspecified atom stereocenters. The molecule has 0 aliphatic heterocycles. The van der Waals surface area contributed by atoms with Crippen LogP contribution in [0.3, 0.4) is 0 Å². The Bertz CT molecular complexity index is 702. The fraction of sp³-hybridized carbons (Fsp3) is 0.143. The van der Waals surface area contributed by atoms with Crippen molar-refractivity contribution < 1.29 is 12.8 Å². The first kappa shape index (κ1) is 14.6. The lowest BCUT2D eigenvalue weighted by atomic mass is 10.1. The molecule has 0 bridgehead atoms. The molecule has 0 spiro atoms. The van der Waals surface area contributed by atoms with Crippen LogP contribution >= 0.6 is 0 Å². The van der Waals surface area contributed by atoms with Gasteiger partial charge in [0.15, 0.2) is 0 Å². The largest absolute Gasteiger partial charge is 0.326 e. The van der Waals surface area contributed by atoms with Gasteiger partial charge in [-0.15, -0.1) is 0 Å². The lowest BCUT2D eigenvalue weighted by Crippen LogP contribution is -2.25. The first-order valence-corrected chi connectivity index (χ1v) is 7.54. The first-order valence-electron chi connectivity index (χ1n) is 6.05. The number of hydrogen-bond acceptors (Lipinski definition) is 3. The van der Waals surface area contributed by atoms with Crippen LogP contribution in [-0.2, 0) is 23.1 Å². The highest BCUT2D eigenvalue weighted by Crippen LogP contribution is 2.14. The van der Waals surface area contributed by atoms with Crippen LogP contribution in [0.2, 0.25) is 0 Å². The molecule has 2 aromatic rings. The molecule has 0 heterocycles. The number of halogens is 1. The average Bonchev–Trinajstić information content (AvgIpc) is 2.46. The second-order valence-electron chi connectivity index (χ2n) is 4.23. The number of hydrogen-bond donors (Lipinski definition) is 2. The predicted octanol–water partition coefficient (Wildman–Crippen LogP) is 1.76. The fourth-order valence-electron chi connectivity index (χ4n) is 1.84. The summed E-state index contributed by atoms with van der Waals surface area (Å²) in [7, 11) is -3.88. The first-order chi connectivity index (χ1) is 9.54. The van der Waals surface area contributed by atoms with Gasteiger partial charge < -0.3 is 5.73 Å². The molecule has 0 radical (unpaired) electrons. The van der Waals surface area contributed by atoms with E-state index >= 15 is 0 Å². The number of sulfonamides is 1. The van der Waals surface area contributed by atoms with Crippen LogP contribution < -0.4 is 10.5 Å². The van der Waals surface area contributed by atoms with E-state index in [0.717, 1.165) is 17.2 Å². The van der Waals surface area contributed by atoms with Crippen LogP contribution in [0.15, 0.2) is 53.4 Å². The summed E-state index contributed by atoms with van der Waals surface area (Å²) in [5.41, 5.74) is 7.21. The van der Waals surface area contributed by atoms with Gasteiger partial charge in [0.25, 0.3) is 0 Å². The normalized spacial score (nSPS) is 11.5. The highest BCUT2D eigenvalue weighted by molar-refractivity contribution is 7.89. The smallest absolute Gasteiger partial charge is 0.243 e. The fourth-order valence-corrected chi connectivity index (χ4v) is 2.93. The molecule has 4 nitrogen and oxygen atoms in total. The molecule has 6 heteroatoms.